The minimum absolute atomic E-state index is 0.105. The maximum absolute atomic E-state index is 13.1. The fraction of sp³-hybridized carbons (Fsp3) is 0.952. The van der Waals surface area contributed by atoms with Gasteiger partial charge >= 0.3 is 39.5 Å². The molecule has 0 saturated heterocycles. The van der Waals surface area contributed by atoms with E-state index in [1.807, 2.05) is 0 Å². The quantitative estimate of drug-likeness (QED) is 0.0222. The highest BCUT2D eigenvalue weighted by Crippen LogP contribution is 2.45. The second-order valence-electron chi connectivity index (χ2n) is 31.5. The van der Waals surface area contributed by atoms with Gasteiger partial charge in [-0.1, -0.05) is 376 Å². The largest absolute Gasteiger partial charge is 0.472 e. The van der Waals surface area contributed by atoms with Crippen LogP contribution in [-0.4, -0.2) is 96.7 Å². The molecular formula is C83H162O17P2. The Labute approximate surface area is 626 Å². The molecular weight excluding hydrogens is 1330 g/mol. The second-order valence-corrected chi connectivity index (χ2v) is 34.4. The topological polar surface area (TPSA) is 237 Å². The van der Waals surface area contributed by atoms with Gasteiger partial charge in [-0.25, -0.2) is 9.13 Å². The third-order valence-electron chi connectivity index (χ3n) is 19.7. The van der Waals surface area contributed by atoms with Gasteiger partial charge in [-0.15, -0.1) is 0 Å². The fourth-order valence-electron chi connectivity index (χ4n) is 12.8. The lowest BCUT2D eigenvalue weighted by atomic mass is 9.99. The van der Waals surface area contributed by atoms with Crippen LogP contribution in [0.2, 0.25) is 0 Å². The average Bonchev–Trinajstić information content (AvgIpc) is 0.918. The van der Waals surface area contributed by atoms with Crippen LogP contribution in [0.4, 0.5) is 0 Å². The molecule has 0 heterocycles. The molecule has 0 aromatic carbocycles. The molecule has 6 atom stereocenters. The molecule has 17 nitrogen and oxygen atoms in total. The number of rotatable bonds is 80. The molecule has 3 unspecified atom stereocenters. The van der Waals surface area contributed by atoms with Crippen LogP contribution in [0.3, 0.4) is 0 Å². The van der Waals surface area contributed by atoms with Crippen LogP contribution in [0.5, 0.6) is 0 Å². The Hall–Kier alpha value is -1.94. The first-order valence-electron chi connectivity index (χ1n) is 42.7. The third kappa shape index (κ3) is 74.9. The Morgan fingerprint density at radius 2 is 0.471 bits per heavy atom. The van der Waals surface area contributed by atoms with E-state index in [9.17, 15) is 43.2 Å². The summed E-state index contributed by atoms with van der Waals surface area (Å²) in [5.74, 6) is 0.993. The fourth-order valence-corrected chi connectivity index (χ4v) is 14.3. The molecule has 19 heteroatoms. The van der Waals surface area contributed by atoms with Crippen molar-refractivity contribution >= 4 is 39.5 Å². The van der Waals surface area contributed by atoms with Crippen LogP contribution in [0.15, 0.2) is 0 Å². The summed E-state index contributed by atoms with van der Waals surface area (Å²) >= 11 is 0. The molecule has 0 fully saturated rings. The highest BCUT2D eigenvalue weighted by atomic mass is 31.2. The zero-order valence-corrected chi connectivity index (χ0v) is 69.0. The van der Waals surface area contributed by atoms with E-state index >= 15 is 0 Å². The van der Waals surface area contributed by atoms with Crippen molar-refractivity contribution in [2.75, 3.05) is 39.6 Å². The average molecular weight is 1490 g/mol. The predicted octanol–water partition coefficient (Wildman–Crippen LogP) is 24.8. The second kappa shape index (κ2) is 72.0. The molecule has 0 bridgehead atoms. The Kier molecular flexibility index (Phi) is 70.6. The van der Waals surface area contributed by atoms with Crippen LogP contribution in [-0.2, 0) is 65.4 Å². The number of carbonyl (C=O) groups is 4. The lowest BCUT2D eigenvalue weighted by Gasteiger charge is -2.21. The number of hydrogen-bond acceptors (Lipinski definition) is 15. The molecule has 102 heavy (non-hydrogen) atoms. The summed E-state index contributed by atoms with van der Waals surface area (Å²) in [7, 11) is -9.92. The minimum atomic E-state index is -4.96. The zero-order chi connectivity index (χ0) is 75.3. The number of phosphoric acid groups is 2. The summed E-state index contributed by atoms with van der Waals surface area (Å²) in [5.41, 5.74) is 0. The molecule has 0 radical (unpaired) electrons. The minimum Gasteiger partial charge on any atom is -0.462 e. The number of aliphatic hydroxyl groups excluding tert-OH is 1. The first kappa shape index (κ1) is 100. The van der Waals surface area contributed by atoms with Crippen LogP contribution in [0.1, 0.15) is 428 Å². The standard InChI is InChI=1S/C83H162O17P2/c1-9-76(8)62-54-46-37-31-24-20-16-12-10-11-13-17-21-25-32-38-47-55-63-80(85)93-69-78(99-82(87)65-57-49-39-33-26-22-18-14-15-19-23-29-35-43-51-59-73(2)3)71-97-101(89,90)95-67-77(84)68-96-102(91,92)98-72-79(70-94-81(86)64-56-48-42-41-45-53-61-75(6)7)100-83(88)66-58-50-40-34-28-27-30-36-44-52-60-74(4)5/h73-79,84H,9-72H2,1-8H3,(H,89,90)(H,91,92)/t76?,77-,78-,79-/m1/s1. The SMILES string of the molecule is CCC(C)CCCCCCCCCCCCCCCCCCCCC(=O)OC[C@H](COP(=O)(O)OC[C@@H](O)COP(=O)(O)OC[C@@H](COC(=O)CCCCCCCCC(C)C)OC(=O)CCCCCCCCCCCCC(C)C)OC(=O)CCCCCCCCCCCCCCCCCC(C)C. The number of phosphoric ester groups is 2. The van der Waals surface area contributed by atoms with Crippen LogP contribution >= 0.6 is 15.6 Å². The van der Waals surface area contributed by atoms with Gasteiger partial charge in [-0.05, 0) is 49.4 Å². The Morgan fingerprint density at radius 1 is 0.275 bits per heavy atom. The van der Waals surface area contributed by atoms with Crippen LogP contribution < -0.4 is 0 Å². The van der Waals surface area contributed by atoms with E-state index in [2.05, 4.69) is 55.4 Å². The summed E-state index contributed by atoms with van der Waals surface area (Å²) in [6.45, 7) is 14.3. The van der Waals surface area contributed by atoms with E-state index in [-0.39, 0.29) is 25.7 Å². The van der Waals surface area contributed by atoms with Gasteiger partial charge in [0.05, 0.1) is 26.4 Å². The van der Waals surface area contributed by atoms with Gasteiger partial charge in [0.25, 0.3) is 0 Å². The van der Waals surface area contributed by atoms with Crippen LogP contribution in [0.25, 0.3) is 0 Å². The van der Waals surface area contributed by atoms with Crippen molar-refractivity contribution < 1.29 is 80.2 Å². The summed E-state index contributed by atoms with van der Waals surface area (Å²) in [6, 6.07) is 0. The lowest BCUT2D eigenvalue weighted by Crippen LogP contribution is -2.30. The first-order valence-corrected chi connectivity index (χ1v) is 45.7. The third-order valence-corrected chi connectivity index (χ3v) is 21.6. The smallest absolute Gasteiger partial charge is 0.462 e. The van der Waals surface area contributed by atoms with Crippen molar-refractivity contribution in [1.82, 2.24) is 0 Å². The Bertz CT molecular complexity index is 1990. The van der Waals surface area contributed by atoms with Crippen molar-refractivity contribution in [2.45, 2.75) is 446 Å². The van der Waals surface area contributed by atoms with Crippen molar-refractivity contribution in [3.63, 3.8) is 0 Å². The number of unbranched alkanes of at least 4 members (excludes halogenated alkanes) is 45. The zero-order valence-electron chi connectivity index (χ0n) is 67.2. The van der Waals surface area contributed by atoms with E-state index in [4.69, 9.17) is 37.0 Å². The first-order chi connectivity index (χ1) is 49.1. The van der Waals surface area contributed by atoms with Gasteiger partial charge in [0.2, 0.25) is 0 Å². The van der Waals surface area contributed by atoms with Gasteiger partial charge in [-0.2, -0.15) is 0 Å². The normalized spacial score (nSPS) is 14.3. The Morgan fingerprint density at radius 3 is 0.696 bits per heavy atom. The summed E-state index contributed by atoms with van der Waals surface area (Å²) in [4.78, 5) is 73.0. The summed E-state index contributed by atoms with van der Waals surface area (Å²) in [6.07, 6.45) is 59.9. The highest BCUT2D eigenvalue weighted by molar-refractivity contribution is 7.47. The molecule has 0 rings (SSSR count). The molecule has 0 aliphatic rings. The number of aliphatic hydroxyl groups is 1. The predicted molar refractivity (Wildman–Crippen MR) is 418 cm³/mol. The number of carbonyl (C=O) groups excluding carboxylic acids is 4. The van der Waals surface area contributed by atoms with E-state index in [0.29, 0.717) is 31.6 Å². The van der Waals surface area contributed by atoms with Gasteiger partial charge in [0.15, 0.2) is 12.2 Å². The van der Waals surface area contributed by atoms with Gasteiger partial charge in [0, 0.05) is 25.7 Å². The number of hydrogen-bond donors (Lipinski definition) is 3. The Balaban J connectivity index is 5.20. The van der Waals surface area contributed by atoms with Crippen LogP contribution in [0, 0.1) is 23.7 Å². The molecule has 3 N–H and O–H groups in total. The van der Waals surface area contributed by atoms with Crippen molar-refractivity contribution in [3.05, 3.63) is 0 Å². The molecule has 0 aliphatic carbocycles. The summed E-state index contributed by atoms with van der Waals surface area (Å²) in [5, 5.41) is 10.6. The van der Waals surface area contributed by atoms with E-state index in [1.165, 1.54) is 225 Å². The monoisotopic (exact) mass is 1490 g/mol. The lowest BCUT2D eigenvalue weighted by molar-refractivity contribution is -0.161. The van der Waals surface area contributed by atoms with Gasteiger partial charge < -0.3 is 33.8 Å². The van der Waals surface area contributed by atoms with Crippen molar-refractivity contribution in [2.24, 2.45) is 23.7 Å². The molecule has 0 aromatic heterocycles. The van der Waals surface area contributed by atoms with Crippen molar-refractivity contribution in [1.29, 1.82) is 0 Å². The maximum atomic E-state index is 13.1. The molecule has 606 valence electrons. The summed E-state index contributed by atoms with van der Waals surface area (Å²) < 4.78 is 68.7. The molecule has 0 aliphatic heterocycles. The number of ether oxygens (including phenoxy) is 4. The molecule has 0 saturated carbocycles. The van der Waals surface area contributed by atoms with E-state index in [1.54, 1.807) is 0 Å². The number of esters is 4. The molecule has 0 spiro atoms. The highest BCUT2D eigenvalue weighted by Gasteiger charge is 2.30. The van der Waals surface area contributed by atoms with Gasteiger partial charge in [0.1, 0.15) is 19.3 Å². The van der Waals surface area contributed by atoms with Gasteiger partial charge in [-0.3, -0.25) is 37.3 Å². The maximum Gasteiger partial charge on any atom is 0.472 e. The van der Waals surface area contributed by atoms with Crippen molar-refractivity contribution in [3.8, 4) is 0 Å². The molecule has 0 amide bonds. The molecule has 0 aromatic rings. The van der Waals surface area contributed by atoms with E-state index < -0.39 is 97.5 Å². The van der Waals surface area contributed by atoms with E-state index in [0.717, 1.165) is 114 Å².